The van der Waals surface area contributed by atoms with Crippen LogP contribution in [0.2, 0.25) is 0 Å². The van der Waals surface area contributed by atoms with Crippen molar-refractivity contribution in [2.24, 2.45) is 4.99 Å². The molecule has 0 aliphatic heterocycles. The Morgan fingerprint density at radius 3 is 1.94 bits per heavy atom. The first kappa shape index (κ1) is 25.8. The Bertz CT molecular complexity index is 829. The van der Waals surface area contributed by atoms with Gasteiger partial charge in [0, 0.05) is 11.8 Å². The summed E-state index contributed by atoms with van der Waals surface area (Å²) < 4.78 is 0. The number of phenols is 1. The van der Waals surface area contributed by atoms with Gasteiger partial charge in [-0.15, -0.1) is 0 Å². The van der Waals surface area contributed by atoms with Crippen LogP contribution in [0.25, 0.3) is 0 Å². The Balaban J connectivity index is 0.000000913. The molecule has 0 aromatic heterocycles. The zero-order valence-corrected chi connectivity index (χ0v) is 22.0. The third-order valence-corrected chi connectivity index (χ3v) is 6.92. The number of rotatable bonds is 4. The van der Waals surface area contributed by atoms with Crippen molar-refractivity contribution in [1.29, 1.82) is 0 Å². The molecule has 32 heavy (non-hydrogen) atoms. The summed E-state index contributed by atoms with van der Waals surface area (Å²) in [5.74, 6) is 1.60. The van der Waals surface area contributed by atoms with Crippen molar-refractivity contribution in [2.45, 2.75) is 88.9 Å². The van der Waals surface area contributed by atoms with Gasteiger partial charge in [-0.1, -0.05) is 75.6 Å². The molecule has 2 aliphatic carbocycles. The fourth-order valence-electron chi connectivity index (χ4n) is 5.21. The van der Waals surface area contributed by atoms with Crippen LogP contribution in [-0.4, -0.2) is 11.3 Å². The molecule has 2 saturated carbocycles. The molecule has 0 heterocycles. The summed E-state index contributed by atoms with van der Waals surface area (Å²) in [6, 6.07) is 14.6. The molecular formula is C27H35Cl2NOTi. The third-order valence-electron chi connectivity index (χ3n) is 6.92. The molecule has 2 aromatic rings. The van der Waals surface area contributed by atoms with Gasteiger partial charge in [-0.05, 0) is 66.8 Å². The normalized spacial score (nSPS) is 18.4. The maximum atomic E-state index is 11.2. The number of para-hydroxylation sites is 1. The topological polar surface area (TPSA) is 32.6 Å². The molecule has 2 nitrogen and oxygen atoms in total. The Morgan fingerprint density at radius 2 is 1.31 bits per heavy atom. The summed E-state index contributed by atoms with van der Waals surface area (Å²) >= 11 is -0.556. The first-order valence-corrected chi connectivity index (χ1v) is 16.4. The number of phenolic OH excluding ortho intramolecular Hbond substituents is 1. The minimum atomic E-state index is -0.556. The summed E-state index contributed by atoms with van der Waals surface area (Å²) in [4.78, 5) is 4.66. The van der Waals surface area contributed by atoms with E-state index in [0.29, 0.717) is 17.6 Å². The zero-order chi connectivity index (χ0) is 22.6. The van der Waals surface area contributed by atoms with Crippen LogP contribution >= 0.6 is 18.6 Å². The molecule has 0 bridgehead atoms. The van der Waals surface area contributed by atoms with Crippen molar-refractivity contribution in [2.75, 3.05) is 0 Å². The third kappa shape index (κ3) is 7.91. The summed E-state index contributed by atoms with van der Waals surface area (Å²) in [5.41, 5.74) is 4.44. The first-order chi connectivity index (χ1) is 15.7. The predicted octanol–water partition coefficient (Wildman–Crippen LogP) is 9.39. The van der Waals surface area contributed by atoms with Gasteiger partial charge in [0.05, 0.1) is 5.69 Å². The molecule has 0 saturated heterocycles. The molecule has 4 rings (SSSR count). The van der Waals surface area contributed by atoms with E-state index in [0.717, 1.165) is 11.3 Å². The SMILES string of the molecule is Oc1c(C=Nc2ccccc2)cc(C2CCCCC2)cc1C1CCCCCCC1.[Cl][Ti][Cl]. The molecule has 0 spiro atoms. The molecule has 0 radical (unpaired) electrons. The van der Waals surface area contributed by atoms with Crippen LogP contribution in [0, 0.1) is 0 Å². The van der Waals surface area contributed by atoms with Gasteiger partial charge in [0.15, 0.2) is 0 Å². The van der Waals surface area contributed by atoms with E-state index < -0.39 is 17.0 Å². The van der Waals surface area contributed by atoms with Gasteiger partial charge in [0.2, 0.25) is 0 Å². The van der Waals surface area contributed by atoms with Crippen molar-refractivity contribution < 1.29 is 22.1 Å². The van der Waals surface area contributed by atoms with Gasteiger partial charge < -0.3 is 5.11 Å². The molecule has 5 heteroatoms. The van der Waals surface area contributed by atoms with Crippen molar-refractivity contribution in [1.82, 2.24) is 0 Å². The number of hydrogen-bond donors (Lipinski definition) is 1. The zero-order valence-electron chi connectivity index (χ0n) is 18.9. The average molecular weight is 508 g/mol. The molecule has 1 N–H and O–H groups in total. The van der Waals surface area contributed by atoms with E-state index in [-0.39, 0.29) is 0 Å². The van der Waals surface area contributed by atoms with Crippen LogP contribution < -0.4 is 0 Å². The fourth-order valence-corrected chi connectivity index (χ4v) is 5.21. The van der Waals surface area contributed by atoms with Crippen LogP contribution in [0.3, 0.4) is 0 Å². The van der Waals surface area contributed by atoms with Crippen LogP contribution in [0.4, 0.5) is 5.69 Å². The molecular weight excluding hydrogens is 473 g/mol. The molecule has 2 aliphatic rings. The second kappa shape index (κ2) is 14.5. The van der Waals surface area contributed by atoms with Crippen LogP contribution in [0.5, 0.6) is 5.75 Å². The van der Waals surface area contributed by atoms with Gasteiger partial charge in [-0.25, -0.2) is 0 Å². The summed E-state index contributed by atoms with van der Waals surface area (Å²) in [5, 5.41) is 11.2. The summed E-state index contributed by atoms with van der Waals surface area (Å²) in [6.07, 6.45) is 17.5. The Hall–Kier alpha value is -0.796. The van der Waals surface area contributed by atoms with E-state index >= 15 is 0 Å². The van der Waals surface area contributed by atoms with E-state index in [9.17, 15) is 5.11 Å². The number of hydrogen-bond acceptors (Lipinski definition) is 2. The van der Waals surface area contributed by atoms with Crippen molar-refractivity contribution in [3.63, 3.8) is 0 Å². The molecule has 0 amide bonds. The van der Waals surface area contributed by atoms with E-state index in [4.69, 9.17) is 18.6 Å². The van der Waals surface area contributed by atoms with E-state index in [1.807, 2.05) is 36.5 Å². The van der Waals surface area contributed by atoms with Gasteiger partial charge in [-0.3, -0.25) is 4.99 Å². The Labute approximate surface area is 210 Å². The number of aliphatic imine (C=N–C) groups is 1. The van der Waals surface area contributed by atoms with Crippen LogP contribution in [0.15, 0.2) is 47.5 Å². The van der Waals surface area contributed by atoms with Gasteiger partial charge >= 0.3 is 35.6 Å². The van der Waals surface area contributed by atoms with Gasteiger partial charge in [0.25, 0.3) is 0 Å². The monoisotopic (exact) mass is 507 g/mol. The summed E-state index contributed by atoms with van der Waals surface area (Å²) in [7, 11) is 9.78. The number of aromatic hydroxyl groups is 1. The first-order valence-electron chi connectivity index (χ1n) is 12.1. The summed E-state index contributed by atoms with van der Waals surface area (Å²) in [6.45, 7) is 0. The van der Waals surface area contributed by atoms with Gasteiger partial charge in [-0.2, -0.15) is 0 Å². The standard InChI is InChI=1S/C27H35NO.2ClH.Ti/c29-27-24(20-28-25-16-10-5-11-17-25)18-23(21-12-8-4-9-13-21)19-26(27)22-14-6-2-1-3-7-15-22;;;/h5,10-11,16-22,29H,1-4,6-9,12-15H2;2*1H;/q;;;+2/p-2. The molecule has 2 fully saturated rings. The molecule has 0 unspecified atom stereocenters. The molecule has 2 aromatic carbocycles. The minimum absolute atomic E-state index is 0.467. The Kier molecular flexibility index (Phi) is 11.7. The number of halogens is 2. The Morgan fingerprint density at radius 1 is 0.781 bits per heavy atom. The fraction of sp³-hybridized carbons (Fsp3) is 0.519. The quantitative estimate of drug-likeness (QED) is 0.324. The van der Waals surface area contributed by atoms with Crippen LogP contribution in [0.1, 0.15) is 106 Å². The van der Waals surface area contributed by atoms with Crippen molar-refractivity contribution in [3.8, 4) is 5.75 Å². The van der Waals surface area contributed by atoms with E-state index in [1.54, 1.807) is 0 Å². The maximum absolute atomic E-state index is 11.2. The number of nitrogens with zero attached hydrogens (tertiary/aromatic N) is 1. The predicted molar refractivity (Wildman–Crippen MR) is 134 cm³/mol. The van der Waals surface area contributed by atoms with E-state index in [2.05, 4.69) is 17.1 Å². The number of benzene rings is 2. The molecule has 0 atom stereocenters. The second-order valence-corrected chi connectivity index (χ2v) is 11.7. The van der Waals surface area contributed by atoms with Gasteiger partial charge in [0.1, 0.15) is 5.75 Å². The second-order valence-electron chi connectivity index (χ2n) is 9.09. The van der Waals surface area contributed by atoms with Crippen molar-refractivity contribution in [3.05, 3.63) is 59.2 Å². The molecule has 172 valence electrons. The average Bonchev–Trinajstić information content (AvgIpc) is 2.80. The van der Waals surface area contributed by atoms with Crippen molar-refractivity contribution >= 4 is 30.5 Å². The van der Waals surface area contributed by atoms with E-state index in [1.165, 1.54) is 88.2 Å². The van der Waals surface area contributed by atoms with Crippen LogP contribution in [-0.2, 0) is 17.0 Å².